The number of Topliss-reactive ketones (excluding diaryl/α,β-unsaturated/α-hetero) is 1. The molecule has 1 saturated heterocycles. The van der Waals surface area contributed by atoms with Gasteiger partial charge in [-0.05, 0) is 59.5 Å². The van der Waals surface area contributed by atoms with Crippen LogP contribution in [0.2, 0.25) is 0 Å². The summed E-state index contributed by atoms with van der Waals surface area (Å²) in [7, 11) is 0. The molecule has 6 nitrogen and oxygen atoms in total. The summed E-state index contributed by atoms with van der Waals surface area (Å²) < 4.78 is 5.52. The number of amides is 1. The van der Waals surface area contributed by atoms with Crippen molar-refractivity contribution in [2.45, 2.75) is 12.5 Å². The van der Waals surface area contributed by atoms with Gasteiger partial charge in [-0.2, -0.15) is 5.26 Å². The first-order chi connectivity index (χ1) is 15.1. The van der Waals surface area contributed by atoms with Gasteiger partial charge >= 0.3 is 0 Å². The molecule has 3 heterocycles. The highest BCUT2D eigenvalue weighted by molar-refractivity contribution is 7.10. The molecule has 1 N–H and O–H groups in total. The molecule has 0 radical (unpaired) electrons. The van der Waals surface area contributed by atoms with Crippen molar-refractivity contribution in [1.29, 1.82) is 5.26 Å². The Hall–Kier alpha value is -3.89. The number of rotatable bonds is 3. The molecule has 7 heteroatoms. The quantitative estimate of drug-likeness (QED) is 0.384. The van der Waals surface area contributed by atoms with E-state index in [0.29, 0.717) is 23.4 Å². The Labute approximate surface area is 182 Å². The van der Waals surface area contributed by atoms with E-state index in [1.807, 2.05) is 23.6 Å². The van der Waals surface area contributed by atoms with E-state index in [1.54, 1.807) is 42.5 Å². The average Bonchev–Trinajstić information content (AvgIpc) is 3.53. The number of nitrogens with zero attached hydrogens (tertiary/aromatic N) is 2. The molecular weight excluding hydrogens is 412 g/mol. The van der Waals surface area contributed by atoms with Crippen LogP contribution in [-0.4, -0.2) is 23.4 Å². The highest BCUT2D eigenvalue weighted by Crippen LogP contribution is 2.44. The van der Waals surface area contributed by atoms with Gasteiger partial charge in [0.15, 0.2) is 0 Å². The molecule has 0 bridgehead atoms. The first kappa shape index (κ1) is 19.1. The average molecular weight is 428 g/mol. The van der Waals surface area contributed by atoms with Crippen molar-refractivity contribution in [2.75, 3.05) is 11.5 Å². The molecule has 1 fully saturated rings. The summed E-state index contributed by atoms with van der Waals surface area (Å²) in [6, 6.07) is 16.7. The number of carbonyl (C=O) groups excluding carboxylic acids is 2. The lowest BCUT2D eigenvalue weighted by atomic mass is 9.98. The third kappa shape index (κ3) is 3.09. The van der Waals surface area contributed by atoms with Crippen LogP contribution in [0, 0.1) is 11.3 Å². The van der Waals surface area contributed by atoms with Crippen molar-refractivity contribution in [3.05, 3.63) is 87.1 Å². The second-order valence-corrected chi connectivity index (χ2v) is 8.24. The third-order valence-corrected chi connectivity index (χ3v) is 6.42. The predicted molar refractivity (Wildman–Crippen MR) is 116 cm³/mol. The molecule has 2 aliphatic heterocycles. The minimum Gasteiger partial charge on any atom is -0.507 e. The van der Waals surface area contributed by atoms with Crippen LogP contribution in [-0.2, 0) is 16.0 Å². The molecule has 0 aliphatic carbocycles. The largest absolute Gasteiger partial charge is 0.507 e. The third-order valence-electron chi connectivity index (χ3n) is 5.49. The summed E-state index contributed by atoms with van der Waals surface area (Å²) in [5.74, 6) is -0.891. The van der Waals surface area contributed by atoms with Crippen LogP contribution in [0.25, 0.3) is 5.76 Å². The second kappa shape index (κ2) is 7.42. The van der Waals surface area contributed by atoms with Gasteiger partial charge in [0.2, 0.25) is 0 Å². The van der Waals surface area contributed by atoms with Crippen molar-refractivity contribution < 1.29 is 19.4 Å². The van der Waals surface area contributed by atoms with E-state index in [0.717, 1.165) is 22.6 Å². The first-order valence-electron chi connectivity index (χ1n) is 9.69. The fraction of sp³-hybridized carbons (Fsp3) is 0.125. The van der Waals surface area contributed by atoms with E-state index in [2.05, 4.69) is 0 Å². The van der Waals surface area contributed by atoms with E-state index in [-0.39, 0.29) is 11.3 Å². The molecule has 1 aromatic heterocycles. The van der Waals surface area contributed by atoms with Gasteiger partial charge in [0.25, 0.3) is 11.7 Å². The molecule has 1 unspecified atom stereocenters. The molecule has 1 atom stereocenters. The number of carbonyl (C=O) groups is 2. The Balaban J connectivity index is 1.67. The molecule has 2 aliphatic rings. The van der Waals surface area contributed by atoms with E-state index in [1.165, 1.54) is 16.2 Å². The van der Waals surface area contributed by atoms with Gasteiger partial charge in [-0.3, -0.25) is 14.5 Å². The first-order valence-corrected chi connectivity index (χ1v) is 10.6. The van der Waals surface area contributed by atoms with Gasteiger partial charge in [0.05, 0.1) is 23.8 Å². The molecule has 0 spiro atoms. The number of thiophene rings is 1. The Bertz CT molecular complexity index is 1270. The Morgan fingerprint density at radius 2 is 1.97 bits per heavy atom. The van der Waals surface area contributed by atoms with Crippen molar-refractivity contribution in [3.63, 3.8) is 0 Å². The van der Waals surface area contributed by atoms with Crippen LogP contribution in [0.15, 0.2) is 65.6 Å². The molecule has 31 heavy (non-hydrogen) atoms. The maximum absolute atomic E-state index is 13.1. The van der Waals surface area contributed by atoms with E-state index in [9.17, 15) is 14.7 Å². The van der Waals surface area contributed by atoms with Crippen LogP contribution >= 0.6 is 11.3 Å². The molecular formula is C24H16N2O4S. The lowest BCUT2D eigenvalue weighted by Crippen LogP contribution is -2.29. The predicted octanol–water partition coefficient (Wildman–Crippen LogP) is 4.18. The number of anilines is 1. The second-order valence-electron chi connectivity index (χ2n) is 7.26. The van der Waals surface area contributed by atoms with Crippen molar-refractivity contribution in [1.82, 2.24) is 0 Å². The number of benzene rings is 2. The minimum absolute atomic E-state index is 0.0516. The number of hydrogen-bond donors (Lipinski definition) is 1. The van der Waals surface area contributed by atoms with E-state index in [4.69, 9.17) is 10.00 Å². The summed E-state index contributed by atoms with van der Waals surface area (Å²) >= 11 is 1.40. The molecule has 0 saturated carbocycles. The summed E-state index contributed by atoms with van der Waals surface area (Å²) in [6.07, 6.45) is 0.727. The van der Waals surface area contributed by atoms with Gasteiger partial charge in [0, 0.05) is 22.5 Å². The lowest BCUT2D eigenvalue weighted by molar-refractivity contribution is -0.132. The number of nitriles is 1. The highest BCUT2D eigenvalue weighted by Gasteiger charge is 2.47. The minimum atomic E-state index is -0.752. The van der Waals surface area contributed by atoms with Crippen LogP contribution in [0.5, 0.6) is 5.75 Å². The molecule has 1 amide bonds. The topological polar surface area (TPSA) is 90.6 Å². The Kier molecular flexibility index (Phi) is 4.57. The van der Waals surface area contributed by atoms with Crippen molar-refractivity contribution >= 4 is 34.5 Å². The van der Waals surface area contributed by atoms with Gasteiger partial charge in [0.1, 0.15) is 17.6 Å². The van der Waals surface area contributed by atoms with Crippen molar-refractivity contribution in [2.24, 2.45) is 0 Å². The summed E-state index contributed by atoms with van der Waals surface area (Å²) in [5, 5.41) is 22.1. The number of aliphatic hydroxyl groups excluding tert-OH is 1. The van der Waals surface area contributed by atoms with Gasteiger partial charge < -0.3 is 9.84 Å². The standard InChI is InChI=1S/C24H16N2O4S/c25-13-14-3-6-17(7-4-14)26-21(19-2-1-11-31-19)20(23(28)24(26)29)22(27)16-5-8-18-15(12-16)9-10-30-18/h1-8,11-12,21,27H,9-10H2/b22-20-. The fourth-order valence-electron chi connectivity index (χ4n) is 4.00. The summed E-state index contributed by atoms with van der Waals surface area (Å²) in [5.41, 5.74) is 2.42. The SMILES string of the molecule is N#Cc1ccc(N2C(=O)C(=O)/C(=C(\O)c3ccc4c(c3)CCO4)C2c2cccs2)cc1. The van der Waals surface area contributed by atoms with Gasteiger partial charge in [-0.15, -0.1) is 11.3 Å². The smallest absolute Gasteiger partial charge is 0.300 e. The highest BCUT2D eigenvalue weighted by atomic mass is 32.1. The lowest BCUT2D eigenvalue weighted by Gasteiger charge is -2.24. The van der Waals surface area contributed by atoms with Gasteiger partial charge in [-0.1, -0.05) is 6.07 Å². The zero-order chi connectivity index (χ0) is 21.5. The van der Waals surface area contributed by atoms with Crippen molar-refractivity contribution in [3.8, 4) is 11.8 Å². The molecule has 152 valence electrons. The number of fused-ring (bicyclic) bond motifs is 1. The molecule has 2 aromatic carbocycles. The zero-order valence-corrected chi connectivity index (χ0v) is 17.1. The van der Waals surface area contributed by atoms with Crippen LogP contribution in [0.3, 0.4) is 0 Å². The maximum atomic E-state index is 13.1. The number of ether oxygens (including phenoxy) is 1. The normalized spacial score (nSPS) is 19.2. The Morgan fingerprint density at radius 3 is 2.68 bits per heavy atom. The summed E-state index contributed by atoms with van der Waals surface area (Å²) in [4.78, 5) is 28.3. The van der Waals surface area contributed by atoms with E-state index < -0.39 is 17.7 Å². The molecule has 5 rings (SSSR count). The van der Waals surface area contributed by atoms with Crippen LogP contribution < -0.4 is 9.64 Å². The summed E-state index contributed by atoms with van der Waals surface area (Å²) in [6.45, 7) is 0.581. The Morgan fingerprint density at radius 1 is 1.16 bits per heavy atom. The van der Waals surface area contributed by atoms with Crippen LogP contribution in [0.4, 0.5) is 5.69 Å². The number of aliphatic hydroxyl groups is 1. The zero-order valence-electron chi connectivity index (χ0n) is 16.2. The monoisotopic (exact) mass is 428 g/mol. The number of hydrogen-bond acceptors (Lipinski definition) is 6. The van der Waals surface area contributed by atoms with E-state index >= 15 is 0 Å². The number of ketones is 1. The van der Waals surface area contributed by atoms with Crippen LogP contribution in [0.1, 0.15) is 27.6 Å². The maximum Gasteiger partial charge on any atom is 0.300 e. The van der Waals surface area contributed by atoms with Gasteiger partial charge in [-0.25, -0.2) is 0 Å². The fourth-order valence-corrected chi connectivity index (χ4v) is 4.82. The molecule has 3 aromatic rings.